The maximum absolute atomic E-state index is 13.3. The molecule has 6 nitrogen and oxygen atoms in total. The predicted octanol–water partition coefficient (Wildman–Crippen LogP) is 3.06. The Balaban J connectivity index is 1.45. The Morgan fingerprint density at radius 3 is 2.76 bits per heavy atom. The normalized spacial score (nSPS) is 24.0. The summed E-state index contributed by atoms with van der Waals surface area (Å²) in [6, 6.07) is 14.1. The standard InChI is InChI=1S/C23H25N5O/c1-16-6-2-3-7-19(16)22-20-14-27(13-18-10-24-15-26-18)11-17(20)12-28(22)23(29)21-8-4-5-9-25-21/h2-10,15,17,20,22H,11-14H2,1H3,(H,24,26)/t17-,20-,22+/m0/s1. The van der Waals surface area contributed by atoms with Gasteiger partial charge >= 0.3 is 0 Å². The number of hydrogen-bond acceptors (Lipinski definition) is 4. The Morgan fingerprint density at radius 2 is 2.00 bits per heavy atom. The molecule has 3 aromatic rings. The molecule has 2 aliphatic heterocycles. The van der Waals surface area contributed by atoms with Crippen molar-refractivity contribution in [3.63, 3.8) is 0 Å². The lowest BCUT2D eigenvalue weighted by Crippen LogP contribution is -2.36. The fraction of sp³-hybridized carbons (Fsp3) is 0.348. The third kappa shape index (κ3) is 3.34. The number of nitrogens with one attached hydrogen (secondary N) is 1. The number of aryl methyl sites for hydroxylation is 1. The summed E-state index contributed by atoms with van der Waals surface area (Å²) in [5.74, 6) is 0.926. The van der Waals surface area contributed by atoms with E-state index in [-0.39, 0.29) is 11.9 Å². The minimum Gasteiger partial charge on any atom is -0.347 e. The van der Waals surface area contributed by atoms with Crippen LogP contribution in [0.25, 0.3) is 0 Å². The third-order valence-corrected chi connectivity index (χ3v) is 6.34. The van der Waals surface area contributed by atoms with Gasteiger partial charge in [0.15, 0.2) is 0 Å². The van der Waals surface area contributed by atoms with Crippen LogP contribution in [-0.2, 0) is 6.54 Å². The lowest BCUT2D eigenvalue weighted by molar-refractivity contribution is 0.0693. The predicted molar refractivity (Wildman–Crippen MR) is 110 cm³/mol. The van der Waals surface area contributed by atoms with Crippen LogP contribution in [-0.4, -0.2) is 50.3 Å². The highest BCUT2D eigenvalue weighted by Crippen LogP contribution is 2.46. The maximum atomic E-state index is 13.3. The van der Waals surface area contributed by atoms with Crippen LogP contribution in [0.3, 0.4) is 0 Å². The van der Waals surface area contributed by atoms with E-state index >= 15 is 0 Å². The van der Waals surface area contributed by atoms with E-state index in [2.05, 4.69) is 55.9 Å². The zero-order valence-electron chi connectivity index (χ0n) is 16.5. The molecule has 0 bridgehead atoms. The number of H-pyrrole nitrogens is 1. The van der Waals surface area contributed by atoms with Crippen LogP contribution in [0.15, 0.2) is 61.2 Å². The van der Waals surface area contributed by atoms with Crippen molar-refractivity contribution < 1.29 is 4.79 Å². The molecule has 1 N–H and O–H groups in total. The second-order valence-electron chi connectivity index (χ2n) is 8.17. The fourth-order valence-corrected chi connectivity index (χ4v) is 5.04. The van der Waals surface area contributed by atoms with Crippen molar-refractivity contribution in [2.75, 3.05) is 19.6 Å². The zero-order chi connectivity index (χ0) is 19.8. The average molecular weight is 387 g/mol. The minimum atomic E-state index is 0.0355. The van der Waals surface area contributed by atoms with Crippen LogP contribution in [0.4, 0.5) is 0 Å². The Labute approximate surface area is 170 Å². The van der Waals surface area contributed by atoms with Crippen molar-refractivity contribution in [3.05, 3.63) is 83.7 Å². The summed E-state index contributed by atoms with van der Waals surface area (Å²) in [7, 11) is 0. The number of amides is 1. The molecule has 0 aliphatic carbocycles. The highest BCUT2D eigenvalue weighted by Gasteiger charge is 2.49. The van der Waals surface area contributed by atoms with Crippen LogP contribution >= 0.6 is 0 Å². The summed E-state index contributed by atoms with van der Waals surface area (Å²) >= 11 is 0. The molecule has 29 heavy (non-hydrogen) atoms. The molecule has 0 unspecified atom stereocenters. The molecule has 1 amide bonds. The van der Waals surface area contributed by atoms with Crippen molar-refractivity contribution in [1.82, 2.24) is 24.8 Å². The summed E-state index contributed by atoms with van der Waals surface area (Å²) in [4.78, 5) is 29.6. The number of nitrogens with zero attached hydrogens (tertiary/aromatic N) is 4. The minimum absolute atomic E-state index is 0.0355. The Kier molecular flexibility index (Phi) is 4.64. The van der Waals surface area contributed by atoms with Crippen molar-refractivity contribution in [1.29, 1.82) is 0 Å². The van der Waals surface area contributed by atoms with Crippen LogP contribution in [0.2, 0.25) is 0 Å². The van der Waals surface area contributed by atoms with E-state index in [1.54, 1.807) is 12.5 Å². The number of hydrogen-bond donors (Lipinski definition) is 1. The number of rotatable bonds is 4. The number of carbonyl (C=O) groups is 1. The number of benzene rings is 1. The SMILES string of the molecule is Cc1ccccc1[C@@H]1[C@H]2CN(Cc3cnc[nH]3)C[C@H]2CN1C(=O)c1ccccn1. The number of aromatic nitrogens is 3. The van der Waals surface area contributed by atoms with Gasteiger partial charge in [0.25, 0.3) is 5.91 Å². The van der Waals surface area contributed by atoms with E-state index in [0.29, 0.717) is 17.5 Å². The highest BCUT2D eigenvalue weighted by molar-refractivity contribution is 5.92. The quantitative estimate of drug-likeness (QED) is 0.747. The molecule has 0 saturated carbocycles. The van der Waals surface area contributed by atoms with E-state index in [1.807, 2.05) is 24.4 Å². The van der Waals surface area contributed by atoms with Gasteiger partial charge in [0, 0.05) is 50.2 Å². The van der Waals surface area contributed by atoms with Crippen LogP contribution < -0.4 is 0 Å². The molecule has 3 atom stereocenters. The summed E-state index contributed by atoms with van der Waals surface area (Å²) in [5, 5.41) is 0. The van der Waals surface area contributed by atoms with E-state index in [9.17, 15) is 4.79 Å². The number of imidazole rings is 1. The van der Waals surface area contributed by atoms with Crippen molar-refractivity contribution in [2.45, 2.75) is 19.5 Å². The first kappa shape index (κ1) is 18.1. The van der Waals surface area contributed by atoms with Gasteiger partial charge in [-0.3, -0.25) is 14.7 Å². The van der Waals surface area contributed by atoms with Crippen LogP contribution in [0.1, 0.15) is 33.4 Å². The number of likely N-dealkylation sites (tertiary alicyclic amines) is 2. The Morgan fingerprint density at radius 1 is 1.14 bits per heavy atom. The van der Waals surface area contributed by atoms with Gasteiger partial charge in [-0.2, -0.15) is 0 Å². The summed E-state index contributed by atoms with van der Waals surface area (Å²) in [5.41, 5.74) is 4.16. The number of carbonyl (C=O) groups excluding carboxylic acids is 1. The third-order valence-electron chi connectivity index (χ3n) is 6.34. The zero-order valence-corrected chi connectivity index (χ0v) is 16.5. The van der Waals surface area contributed by atoms with Gasteiger partial charge in [0.2, 0.25) is 0 Å². The molecule has 0 radical (unpaired) electrons. The highest BCUT2D eigenvalue weighted by atomic mass is 16.2. The molecule has 148 valence electrons. The average Bonchev–Trinajstić information content (AvgIpc) is 3.46. The van der Waals surface area contributed by atoms with Crippen molar-refractivity contribution >= 4 is 5.91 Å². The topological polar surface area (TPSA) is 65.1 Å². The summed E-state index contributed by atoms with van der Waals surface area (Å²) in [6.07, 6.45) is 5.32. The first-order chi connectivity index (χ1) is 14.2. The Hall–Kier alpha value is -2.99. The molecule has 6 heteroatoms. The second-order valence-corrected chi connectivity index (χ2v) is 8.17. The lowest BCUT2D eigenvalue weighted by atomic mass is 9.87. The van der Waals surface area contributed by atoms with Crippen LogP contribution in [0, 0.1) is 18.8 Å². The smallest absolute Gasteiger partial charge is 0.272 e. The molecule has 5 rings (SSSR count). The number of pyridine rings is 1. The van der Waals surface area contributed by atoms with E-state index < -0.39 is 0 Å². The van der Waals surface area contributed by atoms with Crippen molar-refractivity contribution in [3.8, 4) is 0 Å². The van der Waals surface area contributed by atoms with E-state index in [0.717, 1.165) is 31.9 Å². The maximum Gasteiger partial charge on any atom is 0.272 e. The van der Waals surface area contributed by atoms with Gasteiger partial charge < -0.3 is 9.88 Å². The molecule has 4 heterocycles. The summed E-state index contributed by atoms with van der Waals surface area (Å²) < 4.78 is 0. The van der Waals surface area contributed by atoms with Gasteiger partial charge in [-0.25, -0.2) is 4.98 Å². The monoisotopic (exact) mass is 387 g/mol. The molecule has 2 fully saturated rings. The van der Waals surface area contributed by atoms with Gasteiger partial charge in [0.05, 0.1) is 12.4 Å². The molecule has 2 aliphatic rings. The number of fused-ring (bicyclic) bond motifs is 1. The van der Waals surface area contributed by atoms with Gasteiger partial charge in [0.1, 0.15) is 5.69 Å². The number of aromatic amines is 1. The molecule has 2 saturated heterocycles. The van der Waals surface area contributed by atoms with Gasteiger partial charge in [-0.1, -0.05) is 30.3 Å². The largest absolute Gasteiger partial charge is 0.347 e. The fourth-order valence-electron chi connectivity index (χ4n) is 5.04. The molecular formula is C23H25N5O. The molecule has 0 spiro atoms. The van der Waals surface area contributed by atoms with Gasteiger partial charge in [-0.05, 0) is 36.1 Å². The molecular weight excluding hydrogens is 362 g/mol. The van der Waals surface area contributed by atoms with Gasteiger partial charge in [-0.15, -0.1) is 0 Å². The molecule has 1 aromatic carbocycles. The Bertz CT molecular complexity index is 988. The van der Waals surface area contributed by atoms with Crippen LogP contribution in [0.5, 0.6) is 0 Å². The first-order valence-electron chi connectivity index (χ1n) is 10.2. The van der Waals surface area contributed by atoms with Crippen molar-refractivity contribution in [2.24, 2.45) is 11.8 Å². The van der Waals surface area contributed by atoms with E-state index in [1.165, 1.54) is 11.1 Å². The lowest BCUT2D eigenvalue weighted by Gasteiger charge is -2.30. The second kappa shape index (κ2) is 7.44. The first-order valence-corrected chi connectivity index (χ1v) is 10.2. The summed E-state index contributed by atoms with van der Waals surface area (Å²) in [6.45, 7) is 5.77. The van der Waals surface area contributed by atoms with E-state index in [4.69, 9.17) is 0 Å². The molecule has 2 aromatic heterocycles.